The number of benzene rings is 1. The van der Waals surface area contributed by atoms with Gasteiger partial charge in [-0.15, -0.1) is 6.58 Å². The number of hydrogen-bond donors (Lipinski definition) is 1. The van der Waals surface area contributed by atoms with Gasteiger partial charge in [-0.1, -0.05) is 58.9 Å². The van der Waals surface area contributed by atoms with Gasteiger partial charge in [-0.2, -0.15) is 0 Å². The van der Waals surface area contributed by atoms with E-state index < -0.39 is 29.1 Å². The van der Waals surface area contributed by atoms with Crippen molar-refractivity contribution in [2.75, 3.05) is 4.90 Å². The van der Waals surface area contributed by atoms with E-state index in [1.807, 2.05) is 51.1 Å². The lowest BCUT2D eigenvalue weighted by Crippen LogP contribution is -2.67. The smallest absolute Gasteiger partial charge is 0.247 e. The summed E-state index contributed by atoms with van der Waals surface area (Å²) in [4.78, 5) is 43.5. The van der Waals surface area contributed by atoms with E-state index >= 15 is 0 Å². The zero-order valence-corrected chi connectivity index (χ0v) is 18.4. The average molecular weight is 410 g/mol. The van der Waals surface area contributed by atoms with Crippen LogP contribution in [0.5, 0.6) is 0 Å². The molecule has 0 spiro atoms. The zero-order chi connectivity index (χ0) is 22.0. The van der Waals surface area contributed by atoms with Gasteiger partial charge < -0.3 is 10.2 Å². The van der Waals surface area contributed by atoms with Crippen molar-refractivity contribution in [1.29, 1.82) is 0 Å². The third-order valence-corrected chi connectivity index (χ3v) is 7.46. The minimum absolute atomic E-state index is 0.0380. The molecule has 0 saturated carbocycles. The van der Waals surface area contributed by atoms with Crippen LogP contribution in [0.2, 0.25) is 0 Å². The first-order chi connectivity index (χ1) is 14.1. The first-order valence-electron chi connectivity index (χ1n) is 10.8. The van der Waals surface area contributed by atoms with Gasteiger partial charge >= 0.3 is 0 Å². The van der Waals surface area contributed by atoms with E-state index in [0.717, 1.165) is 11.3 Å². The largest absolute Gasteiger partial charge is 0.342 e. The normalized spacial score (nSPS) is 30.1. The first kappa shape index (κ1) is 20.6. The molecule has 2 saturated heterocycles. The Morgan fingerprint density at radius 3 is 2.60 bits per heavy atom. The molecule has 3 heterocycles. The summed E-state index contributed by atoms with van der Waals surface area (Å²) in [5.74, 6) is -0.329. The lowest BCUT2D eigenvalue weighted by Gasteiger charge is -2.46. The third-order valence-electron chi connectivity index (χ3n) is 7.46. The quantitative estimate of drug-likeness (QED) is 0.778. The molecule has 1 aromatic carbocycles. The fraction of sp³-hybridized carbons (Fsp3) is 0.542. The Kier molecular flexibility index (Phi) is 4.60. The number of amides is 3. The Bertz CT molecular complexity index is 937. The number of piperazine rings is 1. The van der Waals surface area contributed by atoms with E-state index in [1.165, 1.54) is 0 Å². The summed E-state index contributed by atoms with van der Waals surface area (Å²) in [7, 11) is 0. The molecule has 160 valence electrons. The van der Waals surface area contributed by atoms with E-state index in [4.69, 9.17) is 0 Å². The van der Waals surface area contributed by atoms with Crippen LogP contribution in [0, 0.1) is 11.3 Å². The predicted molar refractivity (Wildman–Crippen MR) is 116 cm³/mol. The standard InChI is InChI=1S/C24H31N3O3/c1-7-18(28)26-16-12-10-9-11-15(16)24(23(5,6)8-2)13-17-20(29)25-19(14(3)4)21(30)27(17)22(24)26/h8-12,14,17,19,22H,2,7,13H2,1,3-6H3,(H,25,29). The van der Waals surface area contributed by atoms with Crippen molar-refractivity contribution < 1.29 is 14.4 Å². The van der Waals surface area contributed by atoms with Gasteiger partial charge in [-0.05, 0) is 29.4 Å². The van der Waals surface area contributed by atoms with E-state index in [9.17, 15) is 14.4 Å². The summed E-state index contributed by atoms with van der Waals surface area (Å²) in [5, 5.41) is 2.94. The number of carbonyl (C=O) groups is 3. The highest BCUT2D eigenvalue weighted by Crippen LogP contribution is 2.62. The van der Waals surface area contributed by atoms with Crippen LogP contribution in [0.1, 0.15) is 53.0 Å². The number of nitrogens with one attached hydrogen (secondary N) is 1. The highest BCUT2D eigenvalue weighted by atomic mass is 16.2. The van der Waals surface area contributed by atoms with E-state index in [-0.39, 0.29) is 23.6 Å². The number of rotatable bonds is 4. The van der Waals surface area contributed by atoms with E-state index in [1.54, 1.807) is 9.80 Å². The minimum atomic E-state index is -0.611. The maximum Gasteiger partial charge on any atom is 0.247 e. The van der Waals surface area contributed by atoms with Crippen molar-refractivity contribution in [3.8, 4) is 0 Å². The molecule has 3 amide bonds. The molecule has 0 aliphatic carbocycles. The SMILES string of the molecule is C=CC(C)(C)C12CC3C(=O)NC(C(C)C)C(=O)N3C1N(C(=O)CC)c1ccccc12. The number of nitrogens with zero attached hydrogens (tertiary/aromatic N) is 2. The van der Waals surface area contributed by atoms with Crippen molar-refractivity contribution in [1.82, 2.24) is 10.2 Å². The molecular weight excluding hydrogens is 378 g/mol. The van der Waals surface area contributed by atoms with E-state index in [0.29, 0.717) is 12.8 Å². The summed E-state index contributed by atoms with van der Waals surface area (Å²) in [5.41, 5.74) is 0.780. The Morgan fingerprint density at radius 2 is 2.00 bits per heavy atom. The van der Waals surface area contributed by atoms with Crippen molar-refractivity contribution in [2.24, 2.45) is 11.3 Å². The number of carbonyl (C=O) groups excluding carboxylic acids is 3. The van der Waals surface area contributed by atoms with Crippen LogP contribution in [0.15, 0.2) is 36.9 Å². The number of para-hydroxylation sites is 1. The Balaban J connectivity index is 2.00. The Morgan fingerprint density at radius 1 is 1.33 bits per heavy atom. The molecule has 0 aromatic heterocycles. The highest BCUT2D eigenvalue weighted by Gasteiger charge is 2.70. The molecule has 30 heavy (non-hydrogen) atoms. The van der Waals surface area contributed by atoms with Crippen LogP contribution in [-0.4, -0.2) is 40.9 Å². The molecule has 4 rings (SSSR count). The first-order valence-corrected chi connectivity index (χ1v) is 10.8. The van der Waals surface area contributed by atoms with Crippen LogP contribution in [0.25, 0.3) is 0 Å². The summed E-state index contributed by atoms with van der Waals surface area (Å²) >= 11 is 0. The number of allylic oxidation sites excluding steroid dienone is 1. The summed E-state index contributed by atoms with van der Waals surface area (Å²) < 4.78 is 0. The monoisotopic (exact) mass is 409 g/mol. The molecular formula is C24H31N3O3. The Labute approximate surface area is 178 Å². The van der Waals surface area contributed by atoms with Gasteiger partial charge in [0, 0.05) is 17.5 Å². The summed E-state index contributed by atoms with van der Waals surface area (Å²) in [6, 6.07) is 6.69. The molecule has 6 nitrogen and oxygen atoms in total. The highest BCUT2D eigenvalue weighted by molar-refractivity contribution is 6.03. The van der Waals surface area contributed by atoms with Crippen LogP contribution >= 0.6 is 0 Å². The number of fused-ring (bicyclic) bond motifs is 5. The van der Waals surface area contributed by atoms with Gasteiger partial charge in [0.2, 0.25) is 17.7 Å². The topological polar surface area (TPSA) is 69.7 Å². The van der Waals surface area contributed by atoms with Crippen LogP contribution in [0.4, 0.5) is 5.69 Å². The molecule has 2 fully saturated rings. The second kappa shape index (κ2) is 6.69. The van der Waals surface area contributed by atoms with Gasteiger partial charge in [0.25, 0.3) is 0 Å². The van der Waals surface area contributed by atoms with Crippen LogP contribution in [0.3, 0.4) is 0 Å². The molecule has 1 N–H and O–H groups in total. The fourth-order valence-corrected chi connectivity index (χ4v) is 5.69. The van der Waals surface area contributed by atoms with Gasteiger partial charge in [-0.25, -0.2) is 0 Å². The van der Waals surface area contributed by atoms with Crippen molar-refractivity contribution in [2.45, 2.75) is 71.1 Å². The maximum absolute atomic E-state index is 13.6. The van der Waals surface area contributed by atoms with Gasteiger partial charge in [0.15, 0.2) is 0 Å². The molecule has 1 aromatic rings. The predicted octanol–water partition coefficient (Wildman–Crippen LogP) is 2.97. The molecule has 6 heteroatoms. The zero-order valence-electron chi connectivity index (χ0n) is 18.4. The summed E-state index contributed by atoms with van der Waals surface area (Å²) in [6.07, 6.45) is 2.14. The van der Waals surface area contributed by atoms with Crippen molar-refractivity contribution >= 4 is 23.4 Å². The van der Waals surface area contributed by atoms with Gasteiger partial charge in [0.05, 0.1) is 0 Å². The summed E-state index contributed by atoms with van der Waals surface area (Å²) in [6.45, 7) is 14.0. The second-order valence-corrected chi connectivity index (χ2v) is 9.60. The molecule has 0 radical (unpaired) electrons. The molecule has 4 atom stereocenters. The van der Waals surface area contributed by atoms with Crippen LogP contribution < -0.4 is 10.2 Å². The molecule has 3 aliphatic heterocycles. The lowest BCUT2D eigenvalue weighted by atomic mass is 9.60. The number of hydrogen-bond acceptors (Lipinski definition) is 3. The van der Waals surface area contributed by atoms with Crippen LogP contribution in [-0.2, 0) is 19.8 Å². The molecule has 0 bridgehead atoms. The van der Waals surface area contributed by atoms with Gasteiger partial charge in [-0.3, -0.25) is 19.3 Å². The number of anilines is 1. The van der Waals surface area contributed by atoms with Crippen molar-refractivity contribution in [3.05, 3.63) is 42.5 Å². The minimum Gasteiger partial charge on any atom is -0.342 e. The third kappa shape index (κ3) is 2.39. The average Bonchev–Trinajstić information content (AvgIpc) is 3.22. The molecule has 3 aliphatic rings. The molecule has 4 unspecified atom stereocenters. The fourth-order valence-electron chi connectivity index (χ4n) is 5.69. The van der Waals surface area contributed by atoms with Gasteiger partial charge in [0.1, 0.15) is 18.2 Å². The van der Waals surface area contributed by atoms with E-state index in [2.05, 4.69) is 25.7 Å². The second-order valence-electron chi connectivity index (χ2n) is 9.60. The maximum atomic E-state index is 13.6. The Hall–Kier alpha value is -2.63. The van der Waals surface area contributed by atoms with Crippen molar-refractivity contribution in [3.63, 3.8) is 0 Å². The lowest BCUT2D eigenvalue weighted by molar-refractivity contribution is -0.151.